The first-order chi connectivity index (χ1) is 7.26. The van der Waals surface area contributed by atoms with Gasteiger partial charge in [0.05, 0.1) is 0 Å². The fraction of sp³-hybridized carbons (Fsp3) is 1.00. The quantitative estimate of drug-likeness (QED) is 0.287. The maximum Gasteiger partial charge on any atom is 0.0270 e. The van der Waals surface area contributed by atoms with E-state index in [4.69, 9.17) is 5.53 Å². The molecule has 1 fully saturated rings. The van der Waals surface area contributed by atoms with Crippen LogP contribution < -0.4 is 0 Å². The maximum atomic E-state index is 8.16. The molecular weight excluding hydrogens is 188 g/mol. The van der Waals surface area contributed by atoms with Gasteiger partial charge in [-0.25, -0.2) is 0 Å². The lowest BCUT2D eigenvalue weighted by Crippen LogP contribution is -2.27. The van der Waals surface area contributed by atoms with E-state index >= 15 is 0 Å². The van der Waals surface area contributed by atoms with Gasteiger partial charge in [0.1, 0.15) is 0 Å². The van der Waals surface area contributed by atoms with Gasteiger partial charge in [-0.3, -0.25) is 0 Å². The lowest BCUT2D eigenvalue weighted by Gasteiger charge is -2.26. The Labute approximate surface area is 92.3 Å². The van der Waals surface area contributed by atoms with E-state index in [0.29, 0.717) is 12.0 Å². The summed E-state index contributed by atoms with van der Waals surface area (Å²) in [5.41, 5.74) is 8.73. The van der Waals surface area contributed by atoms with Crippen molar-refractivity contribution in [2.45, 2.75) is 39.5 Å². The van der Waals surface area contributed by atoms with Crippen molar-refractivity contribution in [1.82, 2.24) is 4.90 Å². The second-order valence-corrected chi connectivity index (χ2v) is 4.54. The van der Waals surface area contributed by atoms with E-state index < -0.39 is 0 Å². The third-order valence-electron chi connectivity index (χ3n) is 3.81. The topological polar surface area (TPSA) is 52.0 Å². The first kappa shape index (κ1) is 12.3. The van der Waals surface area contributed by atoms with Crippen LogP contribution >= 0.6 is 0 Å². The van der Waals surface area contributed by atoms with Gasteiger partial charge in [0, 0.05) is 18.0 Å². The van der Waals surface area contributed by atoms with Crippen LogP contribution in [0.25, 0.3) is 10.4 Å². The maximum absolute atomic E-state index is 8.16. The molecule has 0 unspecified atom stereocenters. The van der Waals surface area contributed by atoms with Crippen LogP contribution in [0.4, 0.5) is 0 Å². The van der Waals surface area contributed by atoms with Crippen LogP contribution in [0.5, 0.6) is 0 Å². The second-order valence-electron chi connectivity index (χ2n) is 4.54. The molecule has 0 spiro atoms. The van der Waals surface area contributed by atoms with Crippen LogP contribution in [0.1, 0.15) is 39.5 Å². The number of rotatable bonds is 6. The molecule has 0 amide bonds. The van der Waals surface area contributed by atoms with Crippen LogP contribution in [0.3, 0.4) is 0 Å². The second kappa shape index (κ2) is 5.99. The van der Waals surface area contributed by atoms with Gasteiger partial charge < -0.3 is 4.90 Å². The van der Waals surface area contributed by atoms with Crippen molar-refractivity contribution >= 4 is 0 Å². The van der Waals surface area contributed by atoms with E-state index in [0.717, 1.165) is 13.0 Å². The summed E-state index contributed by atoms with van der Waals surface area (Å²) in [6.07, 6.45) is 4.90. The normalized spacial score (nSPS) is 20.1. The molecule has 15 heavy (non-hydrogen) atoms. The SMILES string of the molecule is CCC1(CC)CCN(CCCN=[N+]=[N-])C1. The summed E-state index contributed by atoms with van der Waals surface area (Å²) >= 11 is 0. The third kappa shape index (κ3) is 3.40. The largest absolute Gasteiger partial charge is 0.303 e. The highest BCUT2D eigenvalue weighted by molar-refractivity contribution is 4.87. The summed E-state index contributed by atoms with van der Waals surface area (Å²) in [6.45, 7) is 8.77. The number of nitrogens with zero attached hydrogens (tertiary/aromatic N) is 4. The smallest absolute Gasteiger partial charge is 0.0270 e. The number of likely N-dealkylation sites (tertiary alicyclic amines) is 1. The Kier molecular flexibility index (Phi) is 4.92. The molecule has 0 saturated carbocycles. The van der Waals surface area contributed by atoms with Gasteiger partial charge in [0.2, 0.25) is 0 Å². The first-order valence-corrected chi connectivity index (χ1v) is 5.99. The molecular formula is C11H22N4. The third-order valence-corrected chi connectivity index (χ3v) is 3.81. The highest BCUT2D eigenvalue weighted by atomic mass is 15.2. The molecule has 0 N–H and O–H groups in total. The van der Waals surface area contributed by atoms with E-state index in [1.165, 1.54) is 32.4 Å². The average molecular weight is 210 g/mol. The highest BCUT2D eigenvalue weighted by Crippen LogP contribution is 2.36. The van der Waals surface area contributed by atoms with E-state index in [9.17, 15) is 0 Å². The molecule has 1 aliphatic rings. The molecule has 0 radical (unpaired) electrons. The number of hydrogen-bond acceptors (Lipinski definition) is 2. The summed E-state index contributed by atoms with van der Waals surface area (Å²) in [4.78, 5) is 5.28. The summed E-state index contributed by atoms with van der Waals surface area (Å²) in [5.74, 6) is 0. The monoisotopic (exact) mass is 210 g/mol. The van der Waals surface area contributed by atoms with E-state index in [1.807, 2.05) is 0 Å². The predicted molar refractivity (Wildman–Crippen MR) is 62.7 cm³/mol. The first-order valence-electron chi connectivity index (χ1n) is 5.99. The van der Waals surface area contributed by atoms with E-state index in [-0.39, 0.29) is 0 Å². The van der Waals surface area contributed by atoms with Crippen molar-refractivity contribution < 1.29 is 0 Å². The molecule has 1 rings (SSSR count). The summed E-state index contributed by atoms with van der Waals surface area (Å²) < 4.78 is 0. The van der Waals surface area contributed by atoms with Crippen molar-refractivity contribution in [1.29, 1.82) is 0 Å². The van der Waals surface area contributed by atoms with Crippen molar-refractivity contribution in [3.05, 3.63) is 10.4 Å². The van der Waals surface area contributed by atoms with Gasteiger partial charge in [-0.1, -0.05) is 19.0 Å². The predicted octanol–water partition coefficient (Wildman–Crippen LogP) is 3.20. The molecule has 0 aliphatic carbocycles. The standard InChI is InChI=1S/C11H22N4/c1-3-11(4-2)6-9-15(10-11)8-5-7-13-14-12/h3-10H2,1-2H3. The average Bonchev–Trinajstić information content (AvgIpc) is 2.69. The molecule has 1 aliphatic heterocycles. The lowest BCUT2D eigenvalue weighted by molar-refractivity contribution is 0.240. The lowest BCUT2D eigenvalue weighted by atomic mass is 9.82. The molecule has 1 heterocycles. The van der Waals surface area contributed by atoms with Gasteiger partial charge in [-0.2, -0.15) is 0 Å². The fourth-order valence-corrected chi connectivity index (χ4v) is 2.46. The van der Waals surface area contributed by atoms with Crippen molar-refractivity contribution in [2.75, 3.05) is 26.2 Å². The summed E-state index contributed by atoms with van der Waals surface area (Å²) in [7, 11) is 0. The molecule has 0 aromatic carbocycles. The van der Waals surface area contributed by atoms with Crippen molar-refractivity contribution in [3.8, 4) is 0 Å². The van der Waals surface area contributed by atoms with Crippen LogP contribution in [-0.2, 0) is 0 Å². The minimum absolute atomic E-state index is 0.568. The Morgan fingerprint density at radius 3 is 2.67 bits per heavy atom. The molecule has 1 saturated heterocycles. The van der Waals surface area contributed by atoms with Crippen LogP contribution in [0.15, 0.2) is 5.11 Å². The van der Waals surface area contributed by atoms with Crippen LogP contribution in [0.2, 0.25) is 0 Å². The molecule has 0 aromatic heterocycles. The highest BCUT2D eigenvalue weighted by Gasteiger charge is 2.34. The van der Waals surface area contributed by atoms with Gasteiger partial charge in [-0.15, -0.1) is 0 Å². The molecule has 86 valence electrons. The number of hydrogen-bond donors (Lipinski definition) is 0. The summed E-state index contributed by atoms with van der Waals surface area (Å²) in [5, 5.41) is 3.56. The minimum Gasteiger partial charge on any atom is -0.303 e. The van der Waals surface area contributed by atoms with Crippen molar-refractivity contribution in [3.63, 3.8) is 0 Å². The molecule has 0 atom stereocenters. The summed E-state index contributed by atoms with van der Waals surface area (Å²) in [6, 6.07) is 0. The Hall–Kier alpha value is -0.730. The van der Waals surface area contributed by atoms with Gasteiger partial charge >= 0.3 is 0 Å². The molecule has 0 bridgehead atoms. The zero-order chi connectivity index (χ0) is 11.1. The van der Waals surface area contributed by atoms with Crippen LogP contribution in [0, 0.1) is 5.41 Å². The van der Waals surface area contributed by atoms with Crippen LogP contribution in [-0.4, -0.2) is 31.1 Å². The van der Waals surface area contributed by atoms with E-state index in [1.54, 1.807) is 0 Å². The van der Waals surface area contributed by atoms with Gasteiger partial charge in [0.25, 0.3) is 0 Å². The molecule has 4 heteroatoms. The van der Waals surface area contributed by atoms with E-state index in [2.05, 4.69) is 28.8 Å². The Balaban J connectivity index is 2.26. The number of azide groups is 1. The van der Waals surface area contributed by atoms with Crippen molar-refractivity contribution in [2.24, 2.45) is 10.5 Å². The van der Waals surface area contributed by atoms with Gasteiger partial charge in [-0.05, 0) is 49.7 Å². The molecule has 4 nitrogen and oxygen atoms in total. The Morgan fingerprint density at radius 2 is 2.13 bits per heavy atom. The Bertz CT molecular complexity index is 229. The zero-order valence-electron chi connectivity index (χ0n) is 9.95. The Morgan fingerprint density at radius 1 is 1.40 bits per heavy atom. The zero-order valence-corrected chi connectivity index (χ0v) is 9.95. The van der Waals surface area contributed by atoms with Gasteiger partial charge in [0.15, 0.2) is 0 Å². The minimum atomic E-state index is 0.568. The fourth-order valence-electron chi connectivity index (χ4n) is 2.46. The molecule has 0 aromatic rings.